The molecule has 0 radical (unpaired) electrons. The van der Waals surface area contributed by atoms with Crippen molar-refractivity contribution in [3.63, 3.8) is 0 Å². The summed E-state index contributed by atoms with van der Waals surface area (Å²) >= 11 is 0. The Hall–Kier alpha value is -3.36. The standard InChI is InChI=1S/C65H83N3O5/c1-36-28-41-17-19-49-42-29-43-35-68(49)56(41)53-45-21-26-63-58(57(69)46-18-20-50(43)67(34-42)55(46)44-32-61(22-4-5-23-61)62(33-44)24-6-7-25-62)72-60(71)64(63)51(65(63)48-14-8-12-38(13-9-27-66)52(48)59(70)73-65)31-39(37-10-2-3-11-37)15-16-40(54(45)64)30-47(36)53/h8,12,14-16,36-37,39-40,42-44,46-47,49-51,53,55,69H,2-7,9-11,13,17-35,66H2,1H3. The number of aryl methyl sites for hydroxylation is 1. The highest BCUT2D eigenvalue weighted by molar-refractivity contribution is 6.00. The van der Waals surface area contributed by atoms with Crippen LogP contribution in [0.25, 0.3) is 0 Å². The number of piperidine rings is 3. The van der Waals surface area contributed by atoms with Crippen molar-refractivity contribution < 1.29 is 24.2 Å². The maximum Gasteiger partial charge on any atom is 0.339 e. The lowest BCUT2D eigenvalue weighted by Gasteiger charge is -2.73. The van der Waals surface area contributed by atoms with E-state index in [1.54, 1.807) is 16.8 Å². The quantitative estimate of drug-likeness (QED) is 0.222. The third kappa shape index (κ3) is 5.18. The number of nitrogens with zero attached hydrogens (tertiary/aromatic N) is 2. The average Bonchev–Trinajstić information content (AvgIpc) is 4.29. The SMILES string of the molecule is CC1CC2=C3C4C5=C6C(C=CC(C7CCCC7)CC7C68C(=O)OC(=C(O)C6CCC9C%10CC(CN9C6C6CC9(CCCC9)C9(CCCC9)C6)C(CC2)N3C%10)C8(CC5)C72OC(=O)c3c(CCCN)cccc32)CC14. The Labute approximate surface area is 434 Å². The molecule has 7 bridgehead atoms. The smallest absolute Gasteiger partial charge is 0.339 e. The number of ether oxygens (including phenoxy) is 2. The summed E-state index contributed by atoms with van der Waals surface area (Å²) in [5.41, 5.74) is 12.9. The third-order valence-electron chi connectivity index (χ3n) is 26.8. The maximum atomic E-state index is 16.7. The van der Waals surface area contributed by atoms with E-state index in [0.29, 0.717) is 101 Å². The number of esters is 2. The first kappa shape index (κ1) is 44.7. The van der Waals surface area contributed by atoms with Crippen molar-refractivity contribution in [2.75, 3.05) is 19.6 Å². The Balaban J connectivity index is 0.951. The average molecular weight is 986 g/mol. The number of fused-ring (bicyclic) bond motifs is 9. The normalized spacial score (nSPS) is 46.1. The predicted molar refractivity (Wildman–Crippen MR) is 279 cm³/mol. The molecule has 0 aromatic heterocycles. The summed E-state index contributed by atoms with van der Waals surface area (Å²) in [6.45, 7) is 5.45. The summed E-state index contributed by atoms with van der Waals surface area (Å²) in [7, 11) is 0. The molecule has 388 valence electrons. The Morgan fingerprint density at radius 3 is 2.37 bits per heavy atom. The molecule has 0 amide bonds. The van der Waals surface area contributed by atoms with Crippen molar-refractivity contribution in [2.24, 2.45) is 92.5 Å². The van der Waals surface area contributed by atoms with E-state index in [4.69, 9.17) is 15.2 Å². The van der Waals surface area contributed by atoms with Gasteiger partial charge in [-0.2, -0.15) is 0 Å². The van der Waals surface area contributed by atoms with Crippen molar-refractivity contribution in [2.45, 2.75) is 198 Å². The Bertz CT molecular complexity index is 2710. The first-order chi connectivity index (χ1) is 35.7. The van der Waals surface area contributed by atoms with Crippen LogP contribution in [0.2, 0.25) is 0 Å². The van der Waals surface area contributed by atoms with Crippen molar-refractivity contribution in [3.05, 3.63) is 81.0 Å². The molecule has 16 aliphatic rings. The zero-order valence-corrected chi connectivity index (χ0v) is 44.0. The van der Waals surface area contributed by atoms with Crippen LogP contribution in [0.3, 0.4) is 0 Å². The maximum absolute atomic E-state index is 16.7. The van der Waals surface area contributed by atoms with Crippen LogP contribution in [0.1, 0.15) is 189 Å². The van der Waals surface area contributed by atoms with Gasteiger partial charge in [-0.15, -0.1) is 0 Å². The van der Waals surface area contributed by atoms with Crippen molar-refractivity contribution in [1.82, 2.24) is 9.80 Å². The second kappa shape index (κ2) is 15.2. The topological polar surface area (TPSA) is 105 Å². The van der Waals surface area contributed by atoms with E-state index in [0.717, 1.165) is 56.2 Å². The van der Waals surface area contributed by atoms with Gasteiger partial charge in [-0.05, 0) is 204 Å². The summed E-state index contributed by atoms with van der Waals surface area (Å²) in [6.07, 6.45) is 35.8. The molecular weight excluding hydrogens is 903 g/mol. The molecule has 4 saturated heterocycles. The molecule has 9 fully saturated rings. The molecule has 7 heterocycles. The third-order valence-corrected chi connectivity index (χ3v) is 26.8. The summed E-state index contributed by atoms with van der Waals surface area (Å²) < 4.78 is 14.9. The van der Waals surface area contributed by atoms with Crippen LogP contribution in [-0.2, 0) is 26.3 Å². The van der Waals surface area contributed by atoms with Crippen molar-refractivity contribution in [3.8, 4) is 0 Å². The molecule has 15 atom stereocenters. The lowest BCUT2D eigenvalue weighted by Crippen LogP contribution is -2.78. The predicted octanol–water partition coefficient (Wildman–Crippen LogP) is 12.4. The fourth-order valence-corrected chi connectivity index (χ4v) is 24.8. The Morgan fingerprint density at radius 1 is 0.808 bits per heavy atom. The first-order valence-corrected chi connectivity index (χ1v) is 31.0. The second-order valence-corrected chi connectivity index (χ2v) is 28.7. The molecule has 5 saturated carbocycles. The monoisotopic (exact) mass is 986 g/mol. The molecule has 73 heavy (non-hydrogen) atoms. The molecule has 1 aromatic rings. The number of nitrogens with two attached hydrogens (primary N) is 1. The number of carbonyl (C=O) groups is 2. The zero-order chi connectivity index (χ0) is 48.5. The van der Waals surface area contributed by atoms with Crippen molar-refractivity contribution in [1.29, 1.82) is 0 Å². The summed E-state index contributed by atoms with van der Waals surface area (Å²) in [6, 6.07) is 7.79. The van der Waals surface area contributed by atoms with Gasteiger partial charge in [0.2, 0.25) is 0 Å². The van der Waals surface area contributed by atoms with E-state index < -0.39 is 16.4 Å². The summed E-state index contributed by atoms with van der Waals surface area (Å²) in [5, 5.41) is 14.3. The van der Waals surface area contributed by atoms with E-state index in [2.05, 4.69) is 47.1 Å². The number of benzene rings is 1. The van der Waals surface area contributed by atoms with Gasteiger partial charge in [-0.25, -0.2) is 4.79 Å². The van der Waals surface area contributed by atoms with Gasteiger partial charge < -0.3 is 25.2 Å². The van der Waals surface area contributed by atoms with Crippen molar-refractivity contribution >= 4 is 11.9 Å². The van der Waals surface area contributed by atoms with E-state index >= 15 is 9.59 Å². The van der Waals surface area contributed by atoms with Gasteiger partial charge in [-0.3, -0.25) is 9.69 Å². The lowest BCUT2D eigenvalue weighted by atomic mass is 9.27. The number of aliphatic hydroxyl groups is 1. The van der Waals surface area contributed by atoms with E-state index in [1.807, 2.05) is 0 Å². The van der Waals surface area contributed by atoms with Crippen LogP contribution < -0.4 is 5.73 Å². The summed E-state index contributed by atoms with van der Waals surface area (Å²) in [5.74, 6) is 4.23. The molecule has 5 spiro atoms. The highest BCUT2D eigenvalue weighted by atomic mass is 16.6. The van der Waals surface area contributed by atoms with Crippen LogP contribution in [-0.4, -0.2) is 64.6 Å². The van der Waals surface area contributed by atoms with Gasteiger partial charge in [0.25, 0.3) is 0 Å². The van der Waals surface area contributed by atoms with Crippen LogP contribution in [0.5, 0.6) is 0 Å². The second-order valence-electron chi connectivity index (χ2n) is 28.7. The molecule has 1 aromatic carbocycles. The number of aliphatic hydroxyl groups excluding tert-OH is 1. The van der Waals surface area contributed by atoms with Crippen LogP contribution in [0.4, 0.5) is 0 Å². The number of carbonyl (C=O) groups excluding carboxylic acids is 2. The molecule has 7 aliphatic heterocycles. The Morgan fingerprint density at radius 2 is 1.59 bits per heavy atom. The number of rotatable bonds is 5. The van der Waals surface area contributed by atoms with E-state index in [1.165, 1.54) is 128 Å². The molecule has 17 rings (SSSR count). The molecule has 8 heteroatoms. The fraction of sp³-hybridized carbons (Fsp3) is 0.754. The molecule has 3 N–H and O–H groups in total. The highest BCUT2D eigenvalue weighted by Crippen LogP contribution is 2.88. The minimum absolute atomic E-state index is 0.112. The van der Waals surface area contributed by atoms with Gasteiger partial charge in [0.1, 0.15) is 11.2 Å². The molecular formula is C65H83N3O5. The lowest BCUT2D eigenvalue weighted by molar-refractivity contribution is -0.282. The van der Waals surface area contributed by atoms with Gasteiger partial charge in [0.15, 0.2) is 11.4 Å². The fourth-order valence-electron chi connectivity index (χ4n) is 24.8. The van der Waals surface area contributed by atoms with E-state index in [9.17, 15) is 5.11 Å². The Kier molecular flexibility index (Phi) is 9.33. The van der Waals surface area contributed by atoms with Gasteiger partial charge in [0.05, 0.1) is 11.0 Å². The summed E-state index contributed by atoms with van der Waals surface area (Å²) in [4.78, 5) is 38.3. The largest absolute Gasteiger partial charge is 0.508 e. The zero-order valence-electron chi connectivity index (χ0n) is 44.0. The minimum atomic E-state index is -1.13. The molecule has 8 nitrogen and oxygen atoms in total. The van der Waals surface area contributed by atoms with Gasteiger partial charge >= 0.3 is 11.9 Å². The van der Waals surface area contributed by atoms with Crippen LogP contribution in [0.15, 0.2) is 64.3 Å². The number of hydrogen-bond acceptors (Lipinski definition) is 8. The van der Waals surface area contributed by atoms with E-state index in [-0.39, 0.29) is 41.7 Å². The van der Waals surface area contributed by atoms with Gasteiger partial charge in [0, 0.05) is 60.2 Å². The molecule has 15 unspecified atom stereocenters. The number of allylic oxidation sites excluding steroid dienone is 4. The van der Waals surface area contributed by atoms with Crippen LogP contribution in [0, 0.1) is 86.8 Å². The highest BCUT2D eigenvalue weighted by Gasteiger charge is 2.94. The minimum Gasteiger partial charge on any atom is -0.508 e. The van der Waals surface area contributed by atoms with Crippen LogP contribution >= 0.6 is 0 Å². The van der Waals surface area contributed by atoms with Gasteiger partial charge in [-0.1, -0.05) is 86.9 Å². The number of hydrogen-bond donors (Lipinski definition) is 2. The first-order valence-electron chi connectivity index (χ1n) is 31.0. The molecule has 9 aliphatic carbocycles.